The molecule has 2 heterocycles. The molecule has 0 aliphatic heterocycles. The normalized spacial score (nSPS) is 11.6. The summed E-state index contributed by atoms with van der Waals surface area (Å²) in [5.41, 5.74) is 8.46. The van der Waals surface area contributed by atoms with Crippen LogP contribution in [0, 0.1) is 0 Å². The van der Waals surface area contributed by atoms with Crippen LogP contribution in [0.25, 0.3) is 11.4 Å². The molecule has 9 N–H and O–H groups in total. The van der Waals surface area contributed by atoms with E-state index in [2.05, 4.69) is 41.6 Å². The van der Waals surface area contributed by atoms with Gasteiger partial charge in [0, 0.05) is 24.9 Å². The highest BCUT2D eigenvalue weighted by Crippen LogP contribution is 2.58. The third-order valence-electron chi connectivity index (χ3n) is 5.20. The molecule has 0 spiro atoms. The molecule has 0 saturated heterocycles. The quantitative estimate of drug-likeness (QED) is 0.309. The van der Waals surface area contributed by atoms with Gasteiger partial charge in [-0.15, -0.1) is 26.3 Å². The second-order valence-electron chi connectivity index (χ2n) is 7.67. The number of hydrogen-bond donors (Lipinski definition) is 2. The maximum atomic E-state index is 12.1. The Hall–Kier alpha value is -4.55. The van der Waals surface area contributed by atoms with Gasteiger partial charge in [0.15, 0.2) is 5.82 Å². The van der Waals surface area contributed by atoms with Crippen molar-refractivity contribution in [2.24, 2.45) is 0 Å². The van der Waals surface area contributed by atoms with Gasteiger partial charge in [0.2, 0.25) is 0 Å². The summed E-state index contributed by atoms with van der Waals surface area (Å²) in [5.74, 6) is 1.46. The Morgan fingerprint density at radius 2 is 1.52 bits per heavy atom. The van der Waals surface area contributed by atoms with Crippen molar-refractivity contribution < 1.29 is 27.4 Å². The standard InChI is InChI=1S/C25H21N5O2S.2C2H4.3H2O.H2/c26-21-16-20(25(13-14-25)33-22-8-4-5-15-27-22)29-23(30-21)17-9-11-18(12-10-17)28-24(31)32-19-6-2-1-3-7-19;2*1-2;;;;/h1-12,15-16H,13-14H2,(H,28,31)(H2,26,29,30);2*1-2H2;3*1H2;1H. The molecule has 1 amide bonds. The first-order valence-corrected chi connectivity index (χ1v) is 12.3. The summed E-state index contributed by atoms with van der Waals surface area (Å²) < 4.78 is 5.14. The highest BCUT2D eigenvalue weighted by molar-refractivity contribution is 8.00. The van der Waals surface area contributed by atoms with Crippen molar-refractivity contribution in [1.29, 1.82) is 0 Å². The number of nitrogens with zero attached hydrogens (tertiary/aromatic N) is 3. The largest absolute Gasteiger partial charge is 0.417 e. The van der Waals surface area contributed by atoms with Gasteiger partial charge >= 0.3 is 6.09 Å². The molecule has 214 valence electrons. The molecular formula is C29H37N5O5S. The Bertz CT molecular complexity index is 1310. The Labute approximate surface area is 239 Å². The van der Waals surface area contributed by atoms with E-state index in [4.69, 9.17) is 15.5 Å². The van der Waals surface area contributed by atoms with E-state index >= 15 is 0 Å². The number of nitrogen functional groups attached to an aromatic ring is 1. The molecule has 2 aromatic carbocycles. The van der Waals surface area contributed by atoms with Crippen molar-refractivity contribution in [3.05, 3.63) is 117 Å². The van der Waals surface area contributed by atoms with Gasteiger partial charge in [0.1, 0.15) is 11.6 Å². The summed E-state index contributed by atoms with van der Waals surface area (Å²) in [6, 6.07) is 23.9. The average Bonchev–Trinajstić information content (AvgIpc) is 3.73. The van der Waals surface area contributed by atoms with Gasteiger partial charge in [0.25, 0.3) is 0 Å². The molecule has 0 unspecified atom stereocenters. The highest BCUT2D eigenvalue weighted by atomic mass is 32.2. The lowest BCUT2D eigenvalue weighted by Crippen LogP contribution is -2.16. The van der Waals surface area contributed by atoms with Crippen LogP contribution in [0.5, 0.6) is 5.75 Å². The SMILES string of the molecule is C=C.C=C.Nc1cc(C2(Sc3ccccn3)CC2)nc(-c2ccc(NC(=O)Oc3ccccc3)cc2)n1.O.O.O.[HH]. The third kappa shape index (κ3) is 9.33. The van der Waals surface area contributed by atoms with Crippen LogP contribution in [0.3, 0.4) is 0 Å². The van der Waals surface area contributed by atoms with Crippen molar-refractivity contribution in [3.63, 3.8) is 0 Å². The Morgan fingerprint density at radius 3 is 2.10 bits per heavy atom. The van der Waals surface area contributed by atoms with Gasteiger partial charge in [-0.25, -0.2) is 19.7 Å². The smallest absolute Gasteiger partial charge is 0.412 e. The lowest BCUT2D eigenvalue weighted by Gasteiger charge is -2.15. The zero-order chi connectivity index (χ0) is 26.7. The first-order chi connectivity index (χ1) is 18.1. The van der Waals surface area contributed by atoms with Crippen LogP contribution in [-0.4, -0.2) is 37.5 Å². The van der Waals surface area contributed by atoms with Crippen molar-refractivity contribution in [2.75, 3.05) is 11.1 Å². The number of amides is 1. The Morgan fingerprint density at radius 1 is 0.900 bits per heavy atom. The van der Waals surface area contributed by atoms with Crippen LogP contribution in [0.1, 0.15) is 20.0 Å². The molecule has 1 fully saturated rings. The molecule has 11 heteroatoms. The minimum Gasteiger partial charge on any atom is -0.412 e. The summed E-state index contributed by atoms with van der Waals surface area (Å²) in [6.45, 7) is 12.0. The monoisotopic (exact) mass is 567 g/mol. The van der Waals surface area contributed by atoms with E-state index in [1.807, 2.05) is 42.5 Å². The van der Waals surface area contributed by atoms with E-state index in [9.17, 15) is 4.79 Å². The number of thioether (sulfide) groups is 1. The van der Waals surface area contributed by atoms with Gasteiger partial charge < -0.3 is 26.9 Å². The van der Waals surface area contributed by atoms with Gasteiger partial charge in [-0.1, -0.05) is 36.0 Å². The fourth-order valence-corrected chi connectivity index (χ4v) is 4.58. The van der Waals surface area contributed by atoms with E-state index in [1.54, 1.807) is 54.4 Å². The second kappa shape index (κ2) is 17.1. The van der Waals surface area contributed by atoms with Crippen LogP contribution in [0.15, 0.2) is 116 Å². The van der Waals surface area contributed by atoms with E-state index in [-0.39, 0.29) is 22.6 Å². The number of nitrogens with one attached hydrogen (secondary N) is 1. The molecule has 4 aromatic rings. The average molecular weight is 568 g/mol. The molecule has 1 saturated carbocycles. The van der Waals surface area contributed by atoms with Crippen molar-refractivity contribution in [2.45, 2.75) is 22.6 Å². The predicted molar refractivity (Wildman–Crippen MR) is 164 cm³/mol. The minimum atomic E-state index is -0.557. The van der Waals surface area contributed by atoms with Gasteiger partial charge in [0.05, 0.1) is 15.5 Å². The van der Waals surface area contributed by atoms with E-state index in [1.165, 1.54) is 0 Å². The number of rotatable bonds is 6. The molecule has 1 aliphatic carbocycles. The van der Waals surface area contributed by atoms with E-state index in [0.29, 0.717) is 23.1 Å². The Balaban J connectivity index is 0. The van der Waals surface area contributed by atoms with Crippen LogP contribution in [-0.2, 0) is 4.75 Å². The topological polar surface area (TPSA) is 198 Å². The molecule has 10 nitrogen and oxygen atoms in total. The molecule has 1 aliphatic rings. The maximum Gasteiger partial charge on any atom is 0.417 e. The van der Waals surface area contributed by atoms with E-state index < -0.39 is 6.09 Å². The zero-order valence-electron chi connectivity index (χ0n) is 22.0. The van der Waals surface area contributed by atoms with Crippen molar-refractivity contribution >= 4 is 29.4 Å². The first-order valence-electron chi connectivity index (χ1n) is 11.5. The molecule has 2 aromatic heterocycles. The van der Waals surface area contributed by atoms with Gasteiger partial charge in [-0.2, -0.15) is 0 Å². The number of pyridine rings is 1. The summed E-state index contributed by atoms with van der Waals surface area (Å²) in [5, 5.41) is 3.68. The third-order valence-corrected chi connectivity index (χ3v) is 6.66. The highest BCUT2D eigenvalue weighted by Gasteiger charge is 2.47. The van der Waals surface area contributed by atoms with Gasteiger partial charge in [-0.3, -0.25) is 5.32 Å². The lowest BCUT2D eigenvalue weighted by molar-refractivity contribution is 0.215. The number of carbonyl (C=O) groups is 1. The van der Waals surface area contributed by atoms with Crippen LogP contribution >= 0.6 is 11.8 Å². The predicted octanol–water partition coefficient (Wildman–Crippen LogP) is 4.89. The number of nitrogens with two attached hydrogens (primary N) is 1. The minimum absolute atomic E-state index is 0. The summed E-state index contributed by atoms with van der Waals surface area (Å²) in [4.78, 5) is 25.8. The molecule has 0 radical (unpaired) electrons. The summed E-state index contributed by atoms with van der Waals surface area (Å²) in [7, 11) is 0. The van der Waals surface area contributed by atoms with Crippen LogP contribution < -0.4 is 15.8 Å². The van der Waals surface area contributed by atoms with Crippen LogP contribution in [0.4, 0.5) is 16.3 Å². The molecule has 5 rings (SSSR count). The number of hydrogen-bond acceptors (Lipinski definition) is 7. The lowest BCUT2D eigenvalue weighted by atomic mass is 10.1. The second-order valence-corrected chi connectivity index (χ2v) is 9.07. The molecule has 40 heavy (non-hydrogen) atoms. The summed E-state index contributed by atoms with van der Waals surface area (Å²) >= 11 is 1.71. The number of anilines is 2. The van der Waals surface area contributed by atoms with Gasteiger partial charge in [-0.05, 0) is 61.4 Å². The molecular weight excluding hydrogens is 530 g/mol. The van der Waals surface area contributed by atoms with E-state index in [0.717, 1.165) is 29.1 Å². The van der Waals surface area contributed by atoms with Crippen molar-refractivity contribution in [1.82, 2.24) is 15.0 Å². The number of carbonyl (C=O) groups excluding carboxylic acids is 1. The number of ether oxygens (including phenoxy) is 1. The van der Waals surface area contributed by atoms with Crippen molar-refractivity contribution in [3.8, 4) is 17.1 Å². The number of benzene rings is 2. The fourth-order valence-electron chi connectivity index (χ4n) is 3.40. The Kier molecular flexibility index (Phi) is 15.2. The maximum absolute atomic E-state index is 12.1. The fraction of sp³-hybridized carbons (Fsp3) is 0.103. The molecule has 0 bridgehead atoms. The van der Waals surface area contributed by atoms with Crippen LogP contribution in [0.2, 0.25) is 0 Å². The number of aromatic nitrogens is 3. The molecule has 0 atom stereocenters. The summed E-state index contributed by atoms with van der Waals surface area (Å²) in [6.07, 6.45) is 3.26. The zero-order valence-corrected chi connectivity index (χ0v) is 22.8. The first kappa shape index (κ1) is 35.5. The number of para-hydroxylation sites is 1.